The van der Waals surface area contributed by atoms with Crippen LogP contribution in [0.3, 0.4) is 0 Å². The molecule has 2 rings (SSSR count). The molecule has 0 radical (unpaired) electrons. The van der Waals surface area contributed by atoms with Crippen LogP contribution in [0.15, 0.2) is 5.38 Å². The summed E-state index contributed by atoms with van der Waals surface area (Å²) >= 11 is 1.54. The highest BCUT2D eigenvalue weighted by Gasteiger charge is 2.17. The molecule has 16 heavy (non-hydrogen) atoms. The van der Waals surface area contributed by atoms with Gasteiger partial charge < -0.3 is 10.6 Å². The lowest BCUT2D eigenvalue weighted by Crippen LogP contribution is -2.35. The van der Waals surface area contributed by atoms with Crippen LogP contribution in [0.1, 0.15) is 31.9 Å². The molecule has 0 saturated carbocycles. The highest BCUT2D eigenvalue weighted by molar-refractivity contribution is 7.13. The minimum absolute atomic E-state index is 0.694. The van der Waals surface area contributed by atoms with E-state index in [-0.39, 0.29) is 0 Å². The van der Waals surface area contributed by atoms with Crippen molar-refractivity contribution in [1.29, 1.82) is 0 Å². The Bertz CT molecular complexity index is 316. The maximum atomic E-state index is 5.62. The van der Waals surface area contributed by atoms with Gasteiger partial charge in [0.25, 0.3) is 0 Å². The van der Waals surface area contributed by atoms with Crippen LogP contribution in [0, 0.1) is 5.92 Å². The van der Waals surface area contributed by atoms with Crippen molar-refractivity contribution in [3.63, 3.8) is 0 Å². The van der Waals surface area contributed by atoms with E-state index in [9.17, 15) is 0 Å². The molecule has 0 spiro atoms. The fourth-order valence-corrected chi connectivity index (χ4v) is 2.93. The zero-order valence-corrected chi connectivity index (χ0v) is 10.8. The normalized spacial score (nSPS) is 19.1. The first kappa shape index (κ1) is 11.9. The molecular weight excluding hydrogens is 218 g/mol. The maximum Gasteiger partial charge on any atom is 0.180 e. The van der Waals surface area contributed by atoms with Crippen molar-refractivity contribution in [3.05, 3.63) is 11.1 Å². The molecular formula is C12H21N3S. The molecule has 1 aliphatic rings. The fraction of sp³-hybridized carbons (Fsp3) is 0.750. The minimum atomic E-state index is 0.694. The van der Waals surface area contributed by atoms with Gasteiger partial charge in [-0.2, -0.15) is 0 Å². The second-order valence-electron chi connectivity index (χ2n) is 4.62. The molecule has 0 atom stereocenters. The van der Waals surface area contributed by atoms with Crippen LogP contribution in [0.2, 0.25) is 0 Å². The Morgan fingerprint density at radius 3 is 2.81 bits per heavy atom. The fourth-order valence-electron chi connectivity index (χ4n) is 2.33. The van der Waals surface area contributed by atoms with Crippen molar-refractivity contribution in [2.24, 2.45) is 5.92 Å². The molecule has 0 aliphatic carbocycles. The molecule has 1 saturated heterocycles. The molecule has 1 aliphatic heterocycles. The maximum absolute atomic E-state index is 5.62. The number of likely N-dealkylation sites (tertiary alicyclic amines) is 1. The molecule has 0 aromatic carbocycles. The first-order chi connectivity index (χ1) is 7.78. The number of aromatic nitrogens is 1. The Hall–Kier alpha value is -0.610. The van der Waals surface area contributed by atoms with E-state index in [1.807, 2.05) is 0 Å². The Kier molecular flexibility index (Phi) is 4.18. The number of hydrogen-bond acceptors (Lipinski definition) is 4. The number of nitrogens with zero attached hydrogens (tertiary/aromatic N) is 2. The predicted octanol–water partition coefficient (Wildman–Crippen LogP) is 2.39. The van der Waals surface area contributed by atoms with Crippen LogP contribution in [0.25, 0.3) is 0 Å². The number of hydrogen-bond donors (Lipinski definition) is 1. The molecule has 2 heterocycles. The summed E-state index contributed by atoms with van der Waals surface area (Å²) in [6.45, 7) is 5.97. The summed E-state index contributed by atoms with van der Waals surface area (Å²) in [6.07, 6.45) is 5.13. The number of nitrogen functional groups attached to an aromatic ring is 1. The highest BCUT2D eigenvalue weighted by atomic mass is 32.1. The number of piperidine rings is 1. The molecule has 2 N–H and O–H groups in total. The van der Waals surface area contributed by atoms with Gasteiger partial charge in [-0.25, -0.2) is 4.98 Å². The Morgan fingerprint density at radius 2 is 2.25 bits per heavy atom. The van der Waals surface area contributed by atoms with Crippen LogP contribution in [0.5, 0.6) is 0 Å². The van der Waals surface area contributed by atoms with Crippen molar-refractivity contribution in [3.8, 4) is 0 Å². The average molecular weight is 239 g/mol. The van der Waals surface area contributed by atoms with Gasteiger partial charge in [-0.15, -0.1) is 11.3 Å². The molecule has 0 unspecified atom stereocenters. The Balaban J connectivity index is 1.71. The van der Waals surface area contributed by atoms with Crippen molar-refractivity contribution in [2.75, 3.05) is 25.4 Å². The molecule has 0 amide bonds. The molecule has 1 aromatic heterocycles. The van der Waals surface area contributed by atoms with Crippen molar-refractivity contribution >= 4 is 16.5 Å². The smallest absolute Gasteiger partial charge is 0.180 e. The zero-order chi connectivity index (χ0) is 11.4. The largest absolute Gasteiger partial charge is 0.375 e. The number of anilines is 1. The number of nitrogens with two attached hydrogens (primary N) is 1. The van der Waals surface area contributed by atoms with Gasteiger partial charge in [0.1, 0.15) is 0 Å². The SMILES string of the molecule is CCC1CCN(CCc2csc(N)n2)CC1. The van der Waals surface area contributed by atoms with Crippen LogP contribution in [-0.4, -0.2) is 29.5 Å². The number of rotatable bonds is 4. The van der Waals surface area contributed by atoms with Crippen LogP contribution in [0.4, 0.5) is 5.13 Å². The quantitative estimate of drug-likeness (QED) is 0.877. The van der Waals surface area contributed by atoms with E-state index in [1.54, 1.807) is 11.3 Å². The lowest BCUT2D eigenvalue weighted by atomic mass is 9.94. The summed E-state index contributed by atoms with van der Waals surface area (Å²) in [4.78, 5) is 6.85. The topological polar surface area (TPSA) is 42.1 Å². The van der Waals surface area contributed by atoms with E-state index < -0.39 is 0 Å². The summed E-state index contributed by atoms with van der Waals surface area (Å²) in [5.74, 6) is 0.964. The van der Waals surface area contributed by atoms with Gasteiger partial charge in [0.05, 0.1) is 5.69 Å². The second-order valence-corrected chi connectivity index (χ2v) is 5.51. The summed E-state index contributed by atoms with van der Waals surface area (Å²) < 4.78 is 0. The van der Waals surface area contributed by atoms with Crippen molar-refractivity contribution in [1.82, 2.24) is 9.88 Å². The molecule has 90 valence electrons. The van der Waals surface area contributed by atoms with Gasteiger partial charge in [0.2, 0.25) is 0 Å². The van der Waals surface area contributed by atoms with Crippen LogP contribution < -0.4 is 5.73 Å². The third kappa shape index (κ3) is 3.19. The van der Waals surface area contributed by atoms with Gasteiger partial charge in [-0.1, -0.05) is 13.3 Å². The van der Waals surface area contributed by atoms with Gasteiger partial charge in [0.15, 0.2) is 5.13 Å². The monoisotopic (exact) mass is 239 g/mol. The highest BCUT2D eigenvalue weighted by Crippen LogP contribution is 2.20. The van der Waals surface area contributed by atoms with E-state index in [2.05, 4.69) is 22.2 Å². The van der Waals surface area contributed by atoms with Gasteiger partial charge >= 0.3 is 0 Å². The first-order valence-electron chi connectivity index (χ1n) is 6.20. The van der Waals surface area contributed by atoms with Crippen LogP contribution >= 0.6 is 11.3 Å². The molecule has 1 aromatic rings. The summed E-state index contributed by atoms with van der Waals surface area (Å²) in [5.41, 5.74) is 6.77. The van der Waals surface area contributed by atoms with E-state index in [0.717, 1.165) is 24.6 Å². The lowest BCUT2D eigenvalue weighted by Gasteiger charge is -2.31. The minimum Gasteiger partial charge on any atom is -0.375 e. The Labute approximate surface area is 102 Å². The van der Waals surface area contributed by atoms with Crippen LogP contribution in [-0.2, 0) is 6.42 Å². The Morgan fingerprint density at radius 1 is 1.50 bits per heavy atom. The number of thiazole rings is 1. The summed E-state index contributed by atoms with van der Waals surface area (Å²) in [7, 11) is 0. The molecule has 3 nitrogen and oxygen atoms in total. The summed E-state index contributed by atoms with van der Waals surface area (Å²) in [6, 6.07) is 0. The average Bonchev–Trinajstić information content (AvgIpc) is 2.73. The standard InChI is InChI=1S/C12H21N3S/c1-2-10-3-6-15(7-4-10)8-5-11-9-16-12(13)14-11/h9-10H,2-8H2,1H3,(H2,13,14). The third-order valence-electron chi connectivity index (χ3n) is 3.54. The van der Waals surface area contributed by atoms with E-state index in [1.165, 1.54) is 32.4 Å². The van der Waals surface area contributed by atoms with Gasteiger partial charge in [-0.05, 0) is 31.8 Å². The molecule has 4 heteroatoms. The van der Waals surface area contributed by atoms with Gasteiger partial charge in [-0.3, -0.25) is 0 Å². The molecule has 1 fully saturated rings. The van der Waals surface area contributed by atoms with E-state index in [0.29, 0.717) is 5.13 Å². The van der Waals surface area contributed by atoms with E-state index >= 15 is 0 Å². The van der Waals surface area contributed by atoms with Crippen molar-refractivity contribution in [2.45, 2.75) is 32.6 Å². The summed E-state index contributed by atoms with van der Waals surface area (Å²) in [5, 5.41) is 2.77. The molecule has 0 bridgehead atoms. The van der Waals surface area contributed by atoms with Crippen molar-refractivity contribution < 1.29 is 0 Å². The zero-order valence-electron chi connectivity index (χ0n) is 9.98. The second kappa shape index (κ2) is 5.64. The predicted molar refractivity (Wildman–Crippen MR) is 69.7 cm³/mol. The first-order valence-corrected chi connectivity index (χ1v) is 7.08. The van der Waals surface area contributed by atoms with E-state index in [4.69, 9.17) is 5.73 Å². The lowest BCUT2D eigenvalue weighted by molar-refractivity contribution is 0.183. The third-order valence-corrected chi connectivity index (χ3v) is 4.26. The van der Waals surface area contributed by atoms with Gasteiger partial charge in [0, 0.05) is 18.3 Å².